The van der Waals surface area contributed by atoms with Crippen LogP contribution in [0.1, 0.15) is 30.5 Å². The van der Waals surface area contributed by atoms with Gasteiger partial charge in [-0.3, -0.25) is 13.9 Å². The van der Waals surface area contributed by atoms with E-state index in [0.717, 1.165) is 15.4 Å². The molecule has 4 rings (SSSR count). The number of hydrogen-bond donors (Lipinski definition) is 1. The molecule has 1 atom stereocenters. The third kappa shape index (κ3) is 8.87. The second-order valence-electron chi connectivity index (χ2n) is 11.4. The average Bonchev–Trinajstić information content (AvgIpc) is 3.03. The van der Waals surface area contributed by atoms with Crippen LogP contribution in [0.5, 0.6) is 0 Å². The van der Waals surface area contributed by atoms with Crippen LogP contribution in [-0.4, -0.2) is 44.3 Å². The molecule has 0 unspecified atom stereocenters. The Hall–Kier alpha value is -3.92. The summed E-state index contributed by atoms with van der Waals surface area (Å²) in [4.78, 5) is 29.5. The van der Waals surface area contributed by atoms with Gasteiger partial charge in [-0.05, 0) is 54.8 Å². The Labute approximate surface area is 280 Å². The summed E-state index contributed by atoms with van der Waals surface area (Å²) in [5.41, 5.74) is 1.89. The number of carbonyl (C=O) groups excluding carboxylic acids is 2. The van der Waals surface area contributed by atoms with E-state index in [2.05, 4.69) is 5.32 Å². The standard InChI is InChI=1S/C35H36Cl2FN3O4S/c1-24(2)21-39-35(43)33(19-26-9-5-4-6-10-26)40(22-27-11-7-8-12-32(27)38)34(42)23-41(28-15-18-30(36)31(37)20-28)46(44,45)29-16-13-25(3)14-17-29/h4-18,20,24,33H,19,21-23H2,1-3H3,(H,39,43)/t33-/m1/s1. The van der Waals surface area contributed by atoms with Gasteiger partial charge in [0, 0.05) is 25.1 Å². The predicted octanol–water partition coefficient (Wildman–Crippen LogP) is 7.05. The van der Waals surface area contributed by atoms with E-state index in [9.17, 15) is 18.0 Å². The molecule has 46 heavy (non-hydrogen) atoms. The van der Waals surface area contributed by atoms with Crippen molar-refractivity contribution in [2.45, 2.75) is 44.7 Å². The van der Waals surface area contributed by atoms with Gasteiger partial charge in [-0.1, -0.05) is 103 Å². The van der Waals surface area contributed by atoms with Gasteiger partial charge >= 0.3 is 0 Å². The molecule has 11 heteroatoms. The molecule has 2 amide bonds. The third-order valence-corrected chi connectivity index (χ3v) is 9.86. The quantitative estimate of drug-likeness (QED) is 0.164. The van der Waals surface area contributed by atoms with Crippen molar-refractivity contribution in [3.8, 4) is 0 Å². The highest BCUT2D eigenvalue weighted by atomic mass is 35.5. The third-order valence-electron chi connectivity index (χ3n) is 7.33. The Balaban J connectivity index is 1.82. The van der Waals surface area contributed by atoms with E-state index < -0.39 is 40.2 Å². The van der Waals surface area contributed by atoms with Crippen LogP contribution in [-0.2, 0) is 32.6 Å². The summed E-state index contributed by atoms with van der Waals surface area (Å²) in [7, 11) is -4.33. The highest BCUT2D eigenvalue weighted by molar-refractivity contribution is 7.92. The summed E-state index contributed by atoms with van der Waals surface area (Å²) in [6, 6.07) is 24.5. The number of rotatable bonds is 13. The van der Waals surface area contributed by atoms with E-state index in [-0.39, 0.29) is 45.1 Å². The van der Waals surface area contributed by atoms with Crippen LogP contribution in [0, 0.1) is 18.7 Å². The second-order valence-corrected chi connectivity index (χ2v) is 14.1. The maximum atomic E-state index is 15.0. The van der Waals surface area contributed by atoms with E-state index >= 15 is 4.39 Å². The van der Waals surface area contributed by atoms with E-state index in [0.29, 0.717) is 6.54 Å². The van der Waals surface area contributed by atoms with Gasteiger partial charge < -0.3 is 10.2 Å². The van der Waals surface area contributed by atoms with Crippen molar-refractivity contribution in [1.82, 2.24) is 10.2 Å². The lowest BCUT2D eigenvalue weighted by molar-refractivity contribution is -0.140. The summed E-state index contributed by atoms with van der Waals surface area (Å²) >= 11 is 12.4. The van der Waals surface area contributed by atoms with Crippen molar-refractivity contribution in [1.29, 1.82) is 0 Å². The number of anilines is 1. The normalized spacial score (nSPS) is 12.1. The maximum absolute atomic E-state index is 15.0. The van der Waals surface area contributed by atoms with E-state index in [4.69, 9.17) is 23.2 Å². The number of benzene rings is 4. The number of nitrogens with one attached hydrogen (secondary N) is 1. The number of nitrogens with zero attached hydrogens (tertiary/aromatic N) is 2. The number of carbonyl (C=O) groups is 2. The van der Waals surface area contributed by atoms with Gasteiger partial charge in [0.1, 0.15) is 18.4 Å². The number of halogens is 3. The van der Waals surface area contributed by atoms with E-state index in [1.807, 2.05) is 51.1 Å². The molecule has 0 saturated heterocycles. The van der Waals surface area contributed by atoms with Crippen molar-refractivity contribution >= 4 is 50.7 Å². The van der Waals surface area contributed by atoms with Crippen LogP contribution in [0.15, 0.2) is 102 Å². The molecule has 0 heterocycles. The van der Waals surface area contributed by atoms with Crippen LogP contribution >= 0.6 is 23.2 Å². The average molecular weight is 685 g/mol. The summed E-state index contributed by atoms with van der Waals surface area (Å²) in [5.74, 6) is -1.59. The zero-order valence-electron chi connectivity index (χ0n) is 25.8. The first-order valence-corrected chi connectivity index (χ1v) is 17.0. The minimum atomic E-state index is -4.33. The number of sulfonamides is 1. The largest absolute Gasteiger partial charge is 0.354 e. The number of amides is 2. The first-order valence-electron chi connectivity index (χ1n) is 14.8. The van der Waals surface area contributed by atoms with Crippen LogP contribution in [0.4, 0.5) is 10.1 Å². The predicted molar refractivity (Wildman–Crippen MR) is 181 cm³/mol. The SMILES string of the molecule is Cc1ccc(S(=O)(=O)N(CC(=O)N(Cc2ccccc2F)[C@H](Cc2ccccc2)C(=O)NCC(C)C)c2ccc(Cl)c(Cl)c2)cc1. The lowest BCUT2D eigenvalue weighted by atomic mass is 10.0. The van der Waals surface area contributed by atoms with Crippen LogP contribution in [0.25, 0.3) is 0 Å². The molecule has 0 aliphatic heterocycles. The number of aryl methyl sites for hydroxylation is 1. The molecule has 4 aromatic carbocycles. The van der Waals surface area contributed by atoms with Crippen molar-refractivity contribution in [2.24, 2.45) is 5.92 Å². The fraction of sp³-hybridized carbons (Fsp3) is 0.257. The summed E-state index contributed by atoms with van der Waals surface area (Å²) in [6.45, 7) is 5.08. The zero-order chi connectivity index (χ0) is 33.4. The highest BCUT2D eigenvalue weighted by Gasteiger charge is 2.35. The molecule has 7 nitrogen and oxygen atoms in total. The fourth-order valence-electron chi connectivity index (χ4n) is 4.79. The van der Waals surface area contributed by atoms with Gasteiger partial charge in [0.05, 0.1) is 20.6 Å². The van der Waals surface area contributed by atoms with Crippen molar-refractivity contribution in [3.05, 3.63) is 130 Å². The Bertz CT molecular complexity index is 1770. The Kier molecular flexibility index (Phi) is 11.8. The van der Waals surface area contributed by atoms with Crippen molar-refractivity contribution in [2.75, 3.05) is 17.4 Å². The number of hydrogen-bond acceptors (Lipinski definition) is 4. The minimum Gasteiger partial charge on any atom is -0.354 e. The van der Waals surface area contributed by atoms with Crippen molar-refractivity contribution in [3.63, 3.8) is 0 Å². The van der Waals surface area contributed by atoms with Gasteiger partial charge in [-0.15, -0.1) is 0 Å². The molecule has 0 radical (unpaired) electrons. The Morgan fingerprint density at radius 3 is 2.15 bits per heavy atom. The lowest BCUT2D eigenvalue weighted by Crippen LogP contribution is -2.53. The van der Waals surface area contributed by atoms with E-state index in [1.54, 1.807) is 18.2 Å². The molecule has 1 N–H and O–H groups in total. The molecule has 0 saturated carbocycles. The zero-order valence-corrected chi connectivity index (χ0v) is 28.1. The highest BCUT2D eigenvalue weighted by Crippen LogP contribution is 2.31. The monoisotopic (exact) mass is 683 g/mol. The van der Waals surface area contributed by atoms with Crippen LogP contribution < -0.4 is 9.62 Å². The van der Waals surface area contributed by atoms with Gasteiger partial charge in [-0.2, -0.15) is 0 Å². The first kappa shape index (κ1) is 34.9. The van der Waals surface area contributed by atoms with Gasteiger partial charge in [0.15, 0.2) is 0 Å². The smallest absolute Gasteiger partial charge is 0.264 e. The molecule has 0 aliphatic rings. The molecule has 0 aromatic heterocycles. The maximum Gasteiger partial charge on any atom is 0.264 e. The van der Waals surface area contributed by atoms with Crippen LogP contribution in [0.3, 0.4) is 0 Å². The van der Waals surface area contributed by atoms with Crippen molar-refractivity contribution < 1.29 is 22.4 Å². The molecular weight excluding hydrogens is 648 g/mol. The van der Waals surface area contributed by atoms with Gasteiger partial charge in [0.25, 0.3) is 10.0 Å². The fourth-order valence-corrected chi connectivity index (χ4v) is 6.49. The summed E-state index contributed by atoms with van der Waals surface area (Å²) < 4.78 is 44.2. The van der Waals surface area contributed by atoms with Crippen LogP contribution in [0.2, 0.25) is 10.0 Å². The Morgan fingerprint density at radius 2 is 1.52 bits per heavy atom. The summed E-state index contributed by atoms with van der Waals surface area (Å²) in [6.07, 6.45) is 0.114. The second kappa shape index (κ2) is 15.6. The van der Waals surface area contributed by atoms with Gasteiger partial charge in [-0.25, -0.2) is 12.8 Å². The molecular formula is C35H36Cl2FN3O4S. The Morgan fingerprint density at radius 1 is 0.870 bits per heavy atom. The molecule has 0 spiro atoms. The van der Waals surface area contributed by atoms with E-state index in [1.165, 1.54) is 53.4 Å². The molecule has 0 fully saturated rings. The molecule has 242 valence electrons. The molecule has 0 aliphatic carbocycles. The van der Waals surface area contributed by atoms with Gasteiger partial charge in [0.2, 0.25) is 11.8 Å². The lowest BCUT2D eigenvalue weighted by Gasteiger charge is -2.34. The molecule has 4 aromatic rings. The molecule has 0 bridgehead atoms. The summed E-state index contributed by atoms with van der Waals surface area (Å²) in [5, 5.41) is 3.20. The first-order chi connectivity index (χ1) is 21.9. The minimum absolute atomic E-state index is 0.0480. The topological polar surface area (TPSA) is 86.8 Å².